The lowest BCUT2D eigenvalue weighted by Crippen LogP contribution is -2.54. The number of hydrogen-bond donors (Lipinski definition) is 3. The Morgan fingerprint density at radius 2 is 1.40 bits per heavy atom. The molecule has 8 heteroatoms. The van der Waals surface area contributed by atoms with E-state index in [1.165, 1.54) is 0 Å². The molecule has 2 amide bonds. The molecule has 8 nitrogen and oxygen atoms in total. The van der Waals surface area contributed by atoms with Crippen LogP contribution in [-0.4, -0.2) is 40.6 Å². The third-order valence-corrected chi connectivity index (χ3v) is 6.21. The van der Waals surface area contributed by atoms with E-state index in [-0.39, 0.29) is 19.4 Å². The largest absolute Gasteiger partial charge is 0.459 e. The average Bonchev–Trinajstić information content (AvgIpc) is 3.34. The number of aromatic amines is 1. The summed E-state index contributed by atoms with van der Waals surface area (Å²) in [5.74, 6) is -1.09. The van der Waals surface area contributed by atoms with Gasteiger partial charge in [-0.3, -0.25) is 4.79 Å². The number of fused-ring (bicyclic) bond motifs is 1. The average molecular weight is 542 g/mol. The maximum absolute atomic E-state index is 13.6. The molecule has 0 aliphatic heterocycles. The molecule has 208 valence electrons. The number of esters is 1. The van der Waals surface area contributed by atoms with Crippen LogP contribution < -0.4 is 10.6 Å². The fourth-order valence-corrected chi connectivity index (χ4v) is 4.32. The summed E-state index contributed by atoms with van der Waals surface area (Å²) in [6.45, 7) is 5.32. The quantitative estimate of drug-likeness (QED) is 0.243. The summed E-state index contributed by atoms with van der Waals surface area (Å²) in [6, 6.07) is 24.4. The minimum atomic E-state index is -0.992. The zero-order chi connectivity index (χ0) is 28.5. The van der Waals surface area contributed by atoms with Gasteiger partial charge in [-0.25, -0.2) is 9.59 Å². The molecule has 4 aromatic rings. The number of H-pyrrole nitrogens is 1. The molecule has 2 unspecified atom stereocenters. The fourth-order valence-electron chi connectivity index (χ4n) is 4.32. The van der Waals surface area contributed by atoms with Crippen molar-refractivity contribution < 1.29 is 23.9 Å². The van der Waals surface area contributed by atoms with Crippen LogP contribution in [-0.2, 0) is 38.5 Å². The lowest BCUT2D eigenvalue weighted by Gasteiger charge is -2.25. The van der Waals surface area contributed by atoms with E-state index in [1.54, 1.807) is 20.8 Å². The van der Waals surface area contributed by atoms with Gasteiger partial charge in [0.25, 0.3) is 0 Å². The molecule has 0 aliphatic carbocycles. The molecule has 40 heavy (non-hydrogen) atoms. The molecule has 0 saturated carbocycles. The van der Waals surface area contributed by atoms with Gasteiger partial charge in [-0.1, -0.05) is 78.9 Å². The van der Waals surface area contributed by atoms with Crippen LogP contribution in [0.3, 0.4) is 0 Å². The van der Waals surface area contributed by atoms with Gasteiger partial charge in [0.2, 0.25) is 5.91 Å². The maximum Gasteiger partial charge on any atom is 0.408 e. The van der Waals surface area contributed by atoms with E-state index >= 15 is 0 Å². The smallest absolute Gasteiger partial charge is 0.408 e. The Morgan fingerprint density at radius 3 is 2.08 bits per heavy atom. The highest BCUT2D eigenvalue weighted by Gasteiger charge is 2.30. The Balaban J connectivity index is 1.55. The molecule has 0 aliphatic rings. The molecule has 4 rings (SSSR count). The van der Waals surface area contributed by atoms with Crippen molar-refractivity contribution in [1.29, 1.82) is 0 Å². The SMILES string of the molecule is CC(C)(C)OC(=O)NC(Cc1ccccc1)C(=O)NC(Cc1c[nH]c2ccccc12)C(=O)OCc1ccccc1. The summed E-state index contributed by atoms with van der Waals surface area (Å²) < 4.78 is 11.0. The van der Waals surface area contributed by atoms with Crippen LogP contribution in [0.2, 0.25) is 0 Å². The zero-order valence-electron chi connectivity index (χ0n) is 23.0. The van der Waals surface area contributed by atoms with Crippen molar-refractivity contribution in [2.45, 2.75) is 57.9 Å². The Morgan fingerprint density at radius 1 is 0.775 bits per heavy atom. The predicted molar refractivity (Wildman–Crippen MR) is 153 cm³/mol. The van der Waals surface area contributed by atoms with E-state index in [0.29, 0.717) is 0 Å². The van der Waals surface area contributed by atoms with Gasteiger partial charge in [0, 0.05) is 29.9 Å². The van der Waals surface area contributed by atoms with E-state index in [1.807, 2.05) is 91.1 Å². The van der Waals surface area contributed by atoms with Crippen LogP contribution in [0.5, 0.6) is 0 Å². The fraction of sp³-hybridized carbons (Fsp3) is 0.281. The molecule has 0 bridgehead atoms. The summed E-state index contributed by atoms with van der Waals surface area (Å²) >= 11 is 0. The van der Waals surface area contributed by atoms with Gasteiger partial charge in [-0.2, -0.15) is 0 Å². The maximum atomic E-state index is 13.6. The monoisotopic (exact) mass is 541 g/mol. The van der Waals surface area contributed by atoms with E-state index in [2.05, 4.69) is 15.6 Å². The Kier molecular flexibility index (Phi) is 9.22. The van der Waals surface area contributed by atoms with Crippen molar-refractivity contribution >= 4 is 28.9 Å². The highest BCUT2D eigenvalue weighted by Crippen LogP contribution is 2.20. The Labute approximate surface area is 234 Å². The van der Waals surface area contributed by atoms with Crippen molar-refractivity contribution in [3.8, 4) is 0 Å². The van der Waals surface area contributed by atoms with Crippen molar-refractivity contribution in [1.82, 2.24) is 15.6 Å². The van der Waals surface area contributed by atoms with Gasteiger partial charge in [0.05, 0.1) is 0 Å². The summed E-state index contributed by atoms with van der Waals surface area (Å²) in [5.41, 5.74) is 2.72. The van der Waals surface area contributed by atoms with Gasteiger partial charge in [-0.05, 0) is 43.5 Å². The van der Waals surface area contributed by atoms with Gasteiger partial charge < -0.3 is 25.1 Å². The van der Waals surface area contributed by atoms with Gasteiger partial charge in [0.1, 0.15) is 24.3 Å². The first-order chi connectivity index (χ1) is 19.2. The van der Waals surface area contributed by atoms with Gasteiger partial charge in [-0.15, -0.1) is 0 Å². The minimum Gasteiger partial charge on any atom is -0.459 e. The number of para-hydroxylation sites is 1. The molecule has 0 spiro atoms. The minimum absolute atomic E-state index is 0.0729. The third-order valence-electron chi connectivity index (χ3n) is 6.21. The van der Waals surface area contributed by atoms with Gasteiger partial charge >= 0.3 is 12.1 Å². The molecule has 3 N–H and O–H groups in total. The molecule has 3 aromatic carbocycles. The number of ether oxygens (including phenoxy) is 2. The Hall–Kier alpha value is -4.59. The molecule has 0 saturated heterocycles. The van der Waals surface area contributed by atoms with Crippen LogP contribution in [0, 0.1) is 0 Å². The first kappa shape index (κ1) is 28.4. The number of amides is 2. The van der Waals surface area contributed by atoms with Crippen LogP contribution in [0.15, 0.2) is 91.1 Å². The van der Waals surface area contributed by atoms with Crippen molar-refractivity contribution in [2.24, 2.45) is 0 Å². The van der Waals surface area contributed by atoms with Crippen molar-refractivity contribution in [2.75, 3.05) is 0 Å². The second kappa shape index (κ2) is 13.0. The second-order valence-corrected chi connectivity index (χ2v) is 10.6. The molecule has 2 atom stereocenters. The summed E-state index contributed by atoms with van der Waals surface area (Å²) in [5, 5.41) is 6.48. The number of carbonyl (C=O) groups excluding carboxylic acids is 3. The molecule has 1 heterocycles. The normalized spacial score (nSPS) is 12.8. The lowest BCUT2D eigenvalue weighted by atomic mass is 10.0. The topological polar surface area (TPSA) is 110 Å². The van der Waals surface area contributed by atoms with Crippen molar-refractivity contribution in [3.63, 3.8) is 0 Å². The summed E-state index contributed by atoms with van der Waals surface area (Å²) in [7, 11) is 0. The predicted octanol–water partition coefficient (Wildman–Crippen LogP) is 5.07. The standard InChI is InChI=1S/C32H35N3O5/c1-32(2,3)40-31(38)35-27(18-22-12-6-4-7-13-22)29(36)34-28(30(37)39-21-23-14-8-5-9-15-23)19-24-20-33-26-17-11-10-16-25(24)26/h4-17,20,27-28,33H,18-19,21H2,1-3H3,(H,34,36)(H,35,38). The third kappa shape index (κ3) is 8.20. The van der Waals surface area contributed by atoms with Crippen LogP contribution >= 0.6 is 0 Å². The summed E-state index contributed by atoms with van der Waals surface area (Å²) in [4.78, 5) is 42.8. The first-order valence-electron chi connectivity index (χ1n) is 13.3. The van der Waals surface area contributed by atoms with Crippen molar-refractivity contribution in [3.05, 3.63) is 108 Å². The number of hydrogen-bond acceptors (Lipinski definition) is 5. The van der Waals surface area contributed by atoms with E-state index in [9.17, 15) is 14.4 Å². The number of nitrogens with one attached hydrogen (secondary N) is 3. The number of carbonyl (C=O) groups is 3. The van der Waals surface area contributed by atoms with Gasteiger partial charge in [0.15, 0.2) is 0 Å². The molecule has 1 aromatic heterocycles. The van der Waals surface area contributed by atoms with E-state index in [0.717, 1.165) is 27.6 Å². The van der Waals surface area contributed by atoms with Crippen LogP contribution in [0.4, 0.5) is 4.79 Å². The number of benzene rings is 3. The zero-order valence-corrected chi connectivity index (χ0v) is 23.0. The van der Waals surface area contributed by atoms with Crippen LogP contribution in [0.25, 0.3) is 10.9 Å². The highest BCUT2D eigenvalue weighted by atomic mass is 16.6. The highest BCUT2D eigenvalue weighted by molar-refractivity contribution is 5.91. The molecular formula is C32H35N3O5. The lowest BCUT2D eigenvalue weighted by molar-refractivity contribution is -0.149. The number of rotatable bonds is 10. The Bertz CT molecular complexity index is 1430. The second-order valence-electron chi connectivity index (χ2n) is 10.6. The molecular weight excluding hydrogens is 506 g/mol. The molecule has 0 radical (unpaired) electrons. The summed E-state index contributed by atoms with van der Waals surface area (Å²) in [6.07, 6.45) is 1.52. The van der Waals surface area contributed by atoms with E-state index in [4.69, 9.17) is 9.47 Å². The number of alkyl carbamates (subject to hydrolysis) is 1. The van der Waals surface area contributed by atoms with Crippen LogP contribution in [0.1, 0.15) is 37.5 Å². The molecule has 0 fully saturated rings. The van der Waals surface area contributed by atoms with E-state index < -0.39 is 35.7 Å². The number of aromatic nitrogens is 1. The first-order valence-corrected chi connectivity index (χ1v) is 13.3.